The van der Waals surface area contributed by atoms with Crippen molar-refractivity contribution in [1.82, 2.24) is 0 Å². The van der Waals surface area contributed by atoms with Crippen LogP contribution in [0.15, 0.2) is 47.5 Å². The fourth-order valence-electron chi connectivity index (χ4n) is 2.94. The third kappa shape index (κ3) is 3.41. The van der Waals surface area contributed by atoms with Crippen LogP contribution in [-0.4, -0.2) is 31.6 Å². The van der Waals surface area contributed by atoms with Crippen LogP contribution in [-0.2, 0) is 17.6 Å². The number of nitrogens with zero attached hydrogens (tertiary/aromatic N) is 1. The van der Waals surface area contributed by atoms with E-state index in [1.54, 1.807) is 0 Å². The van der Waals surface area contributed by atoms with Crippen LogP contribution in [0.3, 0.4) is 0 Å². The molecular weight excluding hydrogens is 305 g/mol. The second-order valence-corrected chi connectivity index (χ2v) is 6.26. The number of nitrogens with one attached hydrogen (secondary N) is 2. The second kappa shape index (κ2) is 6.61. The van der Waals surface area contributed by atoms with E-state index in [1.165, 1.54) is 17.7 Å². The van der Waals surface area contributed by atoms with Crippen LogP contribution in [0.2, 0.25) is 0 Å². The maximum Gasteiger partial charge on any atom is 0.123 e. The average Bonchev–Trinajstić information content (AvgIpc) is 2.95. The van der Waals surface area contributed by atoms with E-state index in [4.69, 9.17) is 4.74 Å². The van der Waals surface area contributed by atoms with Gasteiger partial charge in [-0.05, 0) is 41.8 Å². The first-order valence-corrected chi connectivity index (χ1v) is 8.28. The van der Waals surface area contributed by atoms with Gasteiger partial charge in [0.05, 0.1) is 19.3 Å². The quantitative estimate of drug-likeness (QED) is 0.887. The van der Waals surface area contributed by atoms with Crippen molar-refractivity contribution in [2.24, 2.45) is 4.99 Å². The molecule has 2 aromatic carbocycles. The molecule has 24 heavy (non-hydrogen) atoms. The Balaban J connectivity index is 1.34. The molecule has 1 saturated heterocycles. The summed E-state index contributed by atoms with van der Waals surface area (Å²) >= 11 is 0. The number of halogens is 1. The van der Waals surface area contributed by atoms with E-state index in [-0.39, 0.29) is 5.82 Å². The molecule has 0 aliphatic carbocycles. The molecule has 2 N–H and O–H groups in total. The molecular formula is C19H20FN3O. The van der Waals surface area contributed by atoms with E-state index in [9.17, 15) is 4.39 Å². The molecule has 1 fully saturated rings. The highest BCUT2D eigenvalue weighted by Crippen LogP contribution is 2.27. The third-order valence-corrected chi connectivity index (χ3v) is 4.37. The van der Waals surface area contributed by atoms with Crippen molar-refractivity contribution in [1.29, 1.82) is 0 Å². The molecule has 4 nitrogen and oxygen atoms in total. The molecule has 2 aliphatic rings. The topological polar surface area (TPSA) is 45.7 Å². The van der Waals surface area contributed by atoms with Crippen LogP contribution < -0.4 is 10.6 Å². The van der Waals surface area contributed by atoms with Gasteiger partial charge in [-0.2, -0.15) is 0 Å². The van der Waals surface area contributed by atoms with Crippen molar-refractivity contribution in [3.05, 3.63) is 59.4 Å². The number of fused-ring (bicyclic) bond motifs is 1. The molecule has 124 valence electrons. The Hall–Kier alpha value is -2.40. The molecule has 0 radical (unpaired) electrons. The van der Waals surface area contributed by atoms with Crippen molar-refractivity contribution >= 4 is 17.2 Å². The van der Waals surface area contributed by atoms with Crippen molar-refractivity contribution in [3.8, 4) is 0 Å². The highest BCUT2D eigenvalue weighted by Gasteiger charge is 2.20. The summed E-state index contributed by atoms with van der Waals surface area (Å²) in [5.41, 5.74) is 4.61. The fourth-order valence-corrected chi connectivity index (χ4v) is 2.94. The molecule has 0 atom stereocenters. The Kier molecular flexibility index (Phi) is 4.17. The summed E-state index contributed by atoms with van der Waals surface area (Å²) in [5.74, 6) is 0.798. The lowest BCUT2D eigenvalue weighted by molar-refractivity contribution is 0.0211. The maximum atomic E-state index is 12.9. The van der Waals surface area contributed by atoms with Crippen molar-refractivity contribution in [2.45, 2.75) is 18.9 Å². The summed E-state index contributed by atoms with van der Waals surface area (Å²) in [6, 6.07) is 13.4. The van der Waals surface area contributed by atoms with Gasteiger partial charge in [0, 0.05) is 24.3 Å². The van der Waals surface area contributed by atoms with Crippen LogP contribution in [0.4, 0.5) is 15.8 Å². The first-order valence-electron chi connectivity index (χ1n) is 8.28. The van der Waals surface area contributed by atoms with Crippen molar-refractivity contribution in [3.63, 3.8) is 0 Å². The largest absolute Gasteiger partial charge is 0.378 e. The first-order chi connectivity index (χ1) is 11.8. The average molecular weight is 325 g/mol. The number of aliphatic imine (C=N–C) groups is 1. The Morgan fingerprint density at radius 3 is 2.75 bits per heavy atom. The number of anilines is 2. The Labute approximate surface area is 140 Å². The summed E-state index contributed by atoms with van der Waals surface area (Å²) < 4.78 is 18.1. The van der Waals surface area contributed by atoms with Crippen LogP contribution in [0.1, 0.15) is 11.1 Å². The molecule has 2 heterocycles. The molecule has 0 bridgehead atoms. The van der Waals surface area contributed by atoms with E-state index in [0.29, 0.717) is 12.6 Å². The molecule has 0 unspecified atom stereocenters. The van der Waals surface area contributed by atoms with E-state index in [1.807, 2.05) is 12.1 Å². The Bertz CT molecular complexity index is 754. The lowest BCUT2D eigenvalue weighted by Crippen LogP contribution is -2.40. The van der Waals surface area contributed by atoms with Crippen LogP contribution in [0.5, 0.6) is 0 Å². The van der Waals surface area contributed by atoms with Gasteiger partial charge in [0.2, 0.25) is 0 Å². The minimum absolute atomic E-state index is 0.198. The van der Waals surface area contributed by atoms with Gasteiger partial charge >= 0.3 is 0 Å². The predicted octanol–water partition coefficient (Wildman–Crippen LogP) is 3.25. The number of ether oxygens (including phenoxy) is 1. The SMILES string of the molecule is Fc1ccc(CCN=C2Cc3ccc(NC4COC4)cc3N2)cc1. The number of amidine groups is 1. The van der Waals surface area contributed by atoms with E-state index < -0.39 is 0 Å². The van der Waals surface area contributed by atoms with Gasteiger partial charge in [-0.25, -0.2) is 4.39 Å². The van der Waals surface area contributed by atoms with Gasteiger partial charge in [-0.1, -0.05) is 18.2 Å². The standard InChI is InChI=1S/C19H20FN3O/c20-15-4-1-13(2-5-15)7-8-21-19-9-14-3-6-16(10-18(14)23-19)22-17-11-24-12-17/h1-6,10,17,22H,7-9,11-12H2,(H,21,23). The number of hydrogen-bond acceptors (Lipinski definition) is 3. The lowest BCUT2D eigenvalue weighted by Gasteiger charge is -2.28. The monoisotopic (exact) mass is 325 g/mol. The number of rotatable bonds is 5. The fraction of sp³-hybridized carbons (Fsp3) is 0.316. The molecule has 0 aromatic heterocycles. The van der Waals surface area contributed by atoms with E-state index >= 15 is 0 Å². The van der Waals surface area contributed by atoms with Crippen LogP contribution in [0.25, 0.3) is 0 Å². The van der Waals surface area contributed by atoms with Gasteiger partial charge in [-0.15, -0.1) is 0 Å². The molecule has 2 aromatic rings. The number of benzene rings is 2. The van der Waals surface area contributed by atoms with Gasteiger partial charge < -0.3 is 15.4 Å². The molecule has 0 spiro atoms. The van der Waals surface area contributed by atoms with Gasteiger partial charge in [0.25, 0.3) is 0 Å². The third-order valence-electron chi connectivity index (χ3n) is 4.37. The maximum absolute atomic E-state index is 12.9. The molecule has 5 heteroatoms. The van der Waals surface area contributed by atoms with Gasteiger partial charge in [-0.3, -0.25) is 4.99 Å². The highest BCUT2D eigenvalue weighted by molar-refractivity contribution is 6.03. The van der Waals surface area contributed by atoms with E-state index in [2.05, 4.69) is 33.8 Å². The Morgan fingerprint density at radius 1 is 1.17 bits per heavy atom. The molecule has 2 aliphatic heterocycles. The van der Waals surface area contributed by atoms with Gasteiger partial charge in [0.1, 0.15) is 11.7 Å². The number of hydrogen-bond donors (Lipinski definition) is 2. The summed E-state index contributed by atoms with van der Waals surface area (Å²) in [7, 11) is 0. The van der Waals surface area contributed by atoms with Crippen LogP contribution in [0, 0.1) is 5.82 Å². The first kappa shape index (κ1) is 15.1. The van der Waals surface area contributed by atoms with Gasteiger partial charge in [0.15, 0.2) is 0 Å². The highest BCUT2D eigenvalue weighted by atomic mass is 19.1. The summed E-state index contributed by atoms with van der Waals surface area (Å²) in [4.78, 5) is 4.64. The predicted molar refractivity (Wildman–Crippen MR) is 94.4 cm³/mol. The summed E-state index contributed by atoms with van der Waals surface area (Å²) in [6.07, 6.45) is 1.65. The minimum atomic E-state index is -0.198. The smallest absolute Gasteiger partial charge is 0.123 e. The summed E-state index contributed by atoms with van der Waals surface area (Å²) in [6.45, 7) is 2.26. The van der Waals surface area contributed by atoms with Crippen molar-refractivity contribution < 1.29 is 9.13 Å². The summed E-state index contributed by atoms with van der Waals surface area (Å²) in [5, 5.41) is 6.85. The van der Waals surface area contributed by atoms with Crippen LogP contribution >= 0.6 is 0 Å². The molecule has 0 saturated carbocycles. The molecule has 0 amide bonds. The second-order valence-electron chi connectivity index (χ2n) is 6.26. The lowest BCUT2D eigenvalue weighted by atomic mass is 10.1. The normalized spacial score (nSPS) is 18.1. The van der Waals surface area contributed by atoms with E-state index in [0.717, 1.165) is 48.8 Å². The zero-order valence-corrected chi connectivity index (χ0v) is 13.4. The minimum Gasteiger partial charge on any atom is -0.378 e. The zero-order valence-electron chi connectivity index (χ0n) is 13.4. The zero-order chi connectivity index (χ0) is 16.4. The van der Waals surface area contributed by atoms with Crippen molar-refractivity contribution in [2.75, 3.05) is 30.4 Å². The Morgan fingerprint density at radius 2 is 2.00 bits per heavy atom. The molecule has 4 rings (SSSR count).